The number of rotatable bonds is 3. The molecule has 0 unspecified atom stereocenters. The molecule has 6 nitrogen and oxygen atoms in total. The van der Waals surface area contributed by atoms with Crippen LogP contribution < -0.4 is 5.56 Å². The summed E-state index contributed by atoms with van der Waals surface area (Å²) >= 11 is 0. The maximum atomic E-state index is 12.6. The van der Waals surface area contributed by atoms with Gasteiger partial charge in [0.15, 0.2) is 11.3 Å². The fourth-order valence-corrected chi connectivity index (χ4v) is 3.08. The summed E-state index contributed by atoms with van der Waals surface area (Å²) in [6.07, 6.45) is 1.61. The van der Waals surface area contributed by atoms with Crippen molar-refractivity contribution < 1.29 is 15.0 Å². The Morgan fingerprint density at radius 2 is 1.76 bits per heavy atom. The fourth-order valence-electron chi connectivity index (χ4n) is 3.08. The van der Waals surface area contributed by atoms with Crippen molar-refractivity contribution in [3.8, 4) is 5.75 Å². The van der Waals surface area contributed by atoms with Gasteiger partial charge in [-0.1, -0.05) is 36.4 Å². The van der Waals surface area contributed by atoms with Crippen molar-refractivity contribution in [1.82, 2.24) is 9.20 Å². The summed E-state index contributed by atoms with van der Waals surface area (Å²) in [5.41, 5.74) is -0.232. The van der Waals surface area contributed by atoms with Crippen LogP contribution in [0.5, 0.6) is 5.75 Å². The molecule has 0 spiro atoms. The molecular weight excluding hydrogens is 320 g/mol. The third-order valence-corrected chi connectivity index (χ3v) is 4.28. The Kier molecular flexibility index (Phi) is 3.32. The van der Waals surface area contributed by atoms with Crippen molar-refractivity contribution in [2.45, 2.75) is 6.54 Å². The predicted molar refractivity (Wildman–Crippen MR) is 93.3 cm³/mol. The Hall–Kier alpha value is -3.54. The number of carboxylic acids is 1. The summed E-state index contributed by atoms with van der Waals surface area (Å²) in [7, 11) is 0. The number of hydrogen-bond acceptors (Lipinski definition) is 3. The monoisotopic (exact) mass is 334 g/mol. The van der Waals surface area contributed by atoms with Crippen LogP contribution in [0.25, 0.3) is 16.3 Å². The maximum absolute atomic E-state index is 12.6. The van der Waals surface area contributed by atoms with Gasteiger partial charge in [0, 0.05) is 6.20 Å². The number of carbonyl (C=O) groups is 1. The summed E-state index contributed by atoms with van der Waals surface area (Å²) in [6.45, 7) is 0.190. The van der Waals surface area contributed by atoms with E-state index in [-0.39, 0.29) is 12.1 Å². The lowest BCUT2D eigenvalue weighted by Gasteiger charge is -2.13. The minimum atomic E-state index is -1.45. The highest BCUT2D eigenvalue weighted by Crippen LogP contribution is 2.22. The topological polar surface area (TPSA) is 83.9 Å². The molecule has 4 aromatic rings. The molecular formula is C19H14N2O4. The molecule has 0 bridgehead atoms. The Morgan fingerprint density at radius 3 is 2.52 bits per heavy atom. The molecule has 0 saturated heterocycles. The average Bonchev–Trinajstić information content (AvgIpc) is 3.08. The van der Waals surface area contributed by atoms with Crippen molar-refractivity contribution >= 4 is 22.3 Å². The van der Waals surface area contributed by atoms with Crippen LogP contribution in [0.1, 0.15) is 15.9 Å². The third-order valence-electron chi connectivity index (χ3n) is 4.28. The first-order chi connectivity index (χ1) is 12.1. The third kappa shape index (κ3) is 2.35. The van der Waals surface area contributed by atoms with Crippen LogP contribution in [0.2, 0.25) is 0 Å². The summed E-state index contributed by atoms with van der Waals surface area (Å²) in [6, 6.07) is 16.9. The second-order valence-electron chi connectivity index (χ2n) is 5.81. The van der Waals surface area contributed by atoms with E-state index in [2.05, 4.69) is 0 Å². The zero-order valence-corrected chi connectivity index (χ0v) is 13.1. The number of aromatic hydroxyl groups is 1. The zero-order chi connectivity index (χ0) is 17.6. The van der Waals surface area contributed by atoms with Gasteiger partial charge in [0.05, 0.1) is 6.54 Å². The largest absolute Gasteiger partial charge is 0.505 e. The lowest BCUT2D eigenvalue weighted by atomic mass is 10.1. The highest BCUT2D eigenvalue weighted by Gasteiger charge is 2.21. The fraction of sp³-hybridized carbons (Fsp3) is 0.0526. The van der Waals surface area contributed by atoms with Crippen molar-refractivity contribution in [2.24, 2.45) is 0 Å². The summed E-state index contributed by atoms with van der Waals surface area (Å²) in [4.78, 5) is 24.0. The van der Waals surface area contributed by atoms with E-state index in [1.807, 2.05) is 42.5 Å². The van der Waals surface area contributed by atoms with E-state index in [0.717, 1.165) is 16.3 Å². The Labute approximate surface area is 141 Å². The molecule has 0 aliphatic rings. The molecule has 0 fully saturated rings. The van der Waals surface area contributed by atoms with E-state index in [1.165, 1.54) is 9.20 Å². The van der Waals surface area contributed by atoms with E-state index < -0.39 is 22.8 Å². The van der Waals surface area contributed by atoms with Gasteiger partial charge in [0.25, 0.3) is 5.56 Å². The summed E-state index contributed by atoms with van der Waals surface area (Å²) < 4.78 is 2.78. The highest BCUT2D eigenvalue weighted by molar-refractivity contribution is 5.93. The van der Waals surface area contributed by atoms with Crippen LogP contribution in [0.4, 0.5) is 0 Å². The smallest absolute Gasteiger partial charge is 0.345 e. The number of hydrogen-bond donors (Lipinski definition) is 2. The number of aromatic carboxylic acids is 1. The van der Waals surface area contributed by atoms with Crippen LogP contribution in [-0.4, -0.2) is 25.4 Å². The van der Waals surface area contributed by atoms with Gasteiger partial charge in [-0.05, 0) is 34.5 Å². The first-order valence-electron chi connectivity index (χ1n) is 7.70. The lowest BCUT2D eigenvalue weighted by Crippen LogP contribution is -2.31. The van der Waals surface area contributed by atoms with Crippen molar-refractivity contribution in [1.29, 1.82) is 0 Å². The molecule has 25 heavy (non-hydrogen) atoms. The molecule has 124 valence electrons. The van der Waals surface area contributed by atoms with Gasteiger partial charge in [-0.3, -0.25) is 9.31 Å². The molecule has 6 heteroatoms. The standard InChI is InChI=1S/C19H14N2O4/c22-17-15-6-3-9-20(15)21(18(23)16(17)19(24)25)11-12-7-8-13-4-1-2-5-14(13)10-12/h1-10,22H,11H2,(H,24,25). The highest BCUT2D eigenvalue weighted by atomic mass is 16.4. The lowest BCUT2D eigenvalue weighted by molar-refractivity contribution is 0.0690. The second-order valence-corrected chi connectivity index (χ2v) is 5.81. The van der Waals surface area contributed by atoms with Gasteiger partial charge in [0.2, 0.25) is 0 Å². The molecule has 2 aromatic heterocycles. The predicted octanol–water partition coefficient (Wildman–Crippen LogP) is 2.71. The van der Waals surface area contributed by atoms with Gasteiger partial charge in [0.1, 0.15) is 5.52 Å². The van der Waals surface area contributed by atoms with E-state index in [0.29, 0.717) is 0 Å². The van der Waals surface area contributed by atoms with Crippen LogP contribution in [-0.2, 0) is 6.54 Å². The number of fused-ring (bicyclic) bond motifs is 2. The molecule has 0 radical (unpaired) electrons. The number of nitrogens with zero attached hydrogens (tertiary/aromatic N) is 2. The van der Waals surface area contributed by atoms with Gasteiger partial charge in [-0.15, -0.1) is 0 Å². The number of aromatic nitrogens is 2. The maximum Gasteiger partial charge on any atom is 0.345 e. The van der Waals surface area contributed by atoms with Crippen LogP contribution in [0.3, 0.4) is 0 Å². The molecule has 0 atom stereocenters. The van der Waals surface area contributed by atoms with Gasteiger partial charge in [-0.2, -0.15) is 0 Å². The van der Waals surface area contributed by atoms with Gasteiger partial charge < -0.3 is 10.2 Å². The minimum absolute atomic E-state index is 0.190. The number of benzene rings is 2. The Bertz CT molecular complexity index is 1190. The molecule has 2 N–H and O–H groups in total. The SMILES string of the molecule is O=C(O)c1c(O)c2cccn2n(Cc2ccc3ccccc3c2)c1=O. The molecule has 2 aromatic carbocycles. The van der Waals surface area contributed by atoms with Gasteiger partial charge in [-0.25, -0.2) is 9.48 Å². The Balaban J connectivity index is 1.92. The number of carboxylic acid groups (broad SMARTS) is 1. The average molecular weight is 334 g/mol. The van der Waals surface area contributed by atoms with Crippen molar-refractivity contribution in [3.63, 3.8) is 0 Å². The molecule has 0 aliphatic heterocycles. The Morgan fingerprint density at radius 1 is 1.00 bits per heavy atom. The van der Waals surface area contributed by atoms with E-state index in [9.17, 15) is 19.8 Å². The van der Waals surface area contributed by atoms with Crippen LogP contribution >= 0.6 is 0 Å². The van der Waals surface area contributed by atoms with Crippen LogP contribution in [0.15, 0.2) is 65.6 Å². The van der Waals surface area contributed by atoms with Crippen molar-refractivity contribution in [3.05, 3.63) is 82.3 Å². The molecule has 2 heterocycles. The first-order valence-corrected chi connectivity index (χ1v) is 7.70. The molecule has 0 saturated carbocycles. The summed E-state index contributed by atoms with van der Waals surface area (Å²) in [5.74, 6) is -1.96. The van der Waals surface area contributed by atoms with Gasteiger partial charge >= 0.3 is 5.97 Å². The van der Waals surface area contributed by atoms with Crippen LogP contribution in [0, 0.1) is 0 Å². The second kappa shape index (κ2) is 5.52. The van der Waals surface area contributed by atoms with E-state index >= 15 is 0 Å². The van der Waals surface area contributed by atoms with E-state index in [4.69, 9.17) is 0 Å². The summed E-state index contributed by atoms with van der Waals surface area (Å²) in [5, 5.41) is 21.5. The zero-order valence-electron chi connectivity index (χ0n) is 13.1. The van der Waals surface area contributed by atoms with E-state index in [1.54, 1.807) is 18.3 Å². The molecule has 0 amide bonds. The normalized spacial score (nSPS) is 11.2. The van der Waals surface area contributed by atoms with Crippen molar-refractivity contribution in [2.75, 3.05) is 0 Å². The molecule has 0 aliphatic carbocycles. The minimum Gasteiger partial charge on any atom is -0.505 e. The quantitative estimate of drug-likeness (QED) is 0.603. The molecule has 4 rings (SSSR count). The first kappa shape index (κ1) is 15.0.